The summed E-state index contributed by atoms with van der Waals surface area (Å²) in [6, 6.07) is 12.4. The Morgan fingerprint density at radius 3 is 2.74 bits per heavy atom. The first kappa shape index (κ1) is 16.5. The number of hydrogen-bond acceptors (Lipinski definition) is 4. The number of nitrogens with zero attached hydrogens (tertiary/aromatic N) is 2. The molecule has 2 atom stereocenters. The molecular weight excluding hydrogens is 338 g/mol. The number of aromatic nitrogens is 1. The number of para-hydroxylation sites is 1. The zero-order valence-corrected chi connectivity index (χ0v) is 15.2. The second-order valence-electron chi connectivity index (χ2n) is 7.74. The van der Waals surface area contributed by atoms with Gasteiger partial charge in [0.2, 0.25) is 0 Å². The van der Waals surface area contributed by atoms with Crippen molar-refractivity contribution in [1.82, 2.24) is 9.88 Å². The number of fused-ring (bicyclic) bond motifs is 4. The average molecular weight is 361 g/mol. The number of amides is 1. The quantitative estimate of drug-likeness (QED) is 0.773. The van der Waals surface area contributed by atoms with Crippen LogP contribution in [0.3, 0.4) is 0 Å². The maximum absolute atomic E-state index is 12.2. The Kier molecular flexibility index (Phi) is 3.97. The van der Waals surface area contributed by atoms with Gasteiger partial charge in [-0.25, -0.2) is 0 Å². The molecule has 5 nitrogen and oxygen atoms in total. The van der Waals surface area contributed by atoms with Gasteiger partial charge in [-0.05, 0) is 56.0 Å². The first-order valence-electron chi connectivity index (χ1n) is 9.66. The SMILES string of the molecule is NC(=O)c1oc2ccccc2c1C1C2CCN(CC2)C1Cc1cccnc1. The van der Waals surface area contributed by atoms with E-state index in [2.05, 4.69) is 22.0 Å². The molecule has 1 amide bonds. The molecule has 3 fully saturated rings. The number of hydrogen-bond donors (Lipinski definition) is 1. The summed E-state index contributed by atoms with van der Waals surface area (Å²) in [6.45, 7) is 2.24. The van der Waals surface area contributed by atoms with Gasteiger partial charge >= 0.3 is 0 Å². The molecule has 27 heavy (non-hydrogen) atoms. The first-order valence-corrected chi connectivity index (χ1v) is 9.66. The van der Waals surface area contributed by atoms with Crippen LogP contribution in [0.5, 0.6) is 0 Å². The lowest BCUT2D eigenvalue weighted by atomic mass is 9.68. The minimum Gasteiger partial charge on any atom is -0.451 e. The molecule has 6 rings (SSSR count). The Labute approximate surface area is 158 Å². The van der Waals surface area contributed by atoms with Crippen molar-refractivity contribution >= 4 is 16.9 Å². The summed E-state index contributed by atoms with van der Waals surface area (Å²) in [4.78, 5) is 19.1. The molecule has 2 bridgehead atoms. The minimum absolute atomic E-state index is 0.249. The summed E-state index contributed by atoms with van der Waals surface area (Å²) in [7, 11) is 0. The van der Waals surface area contributed by atoms with Crippen LogP contribution in [0.25, 0.3) is 11.0 Å². The van der Waals surface area contributed by atoms with Crippen molar-refractivity contribution in [2.24, 2.45) is 11.7 Å². The highest BCUT2D eigenvalue weighted by molar-refractivity contribution is 5.98. The molecule has 3 aliphatic rings. The van der Waals surface area contributed by atoms with Gasteiger partial charge in [0.25, 0.3) is 5.91 Å². The smallest absolute Gasteiger partial charge is 0.284 e. The number of primary amides is 1. The Morgan fingerprint density at radius 2 is 2.00 bits per heavy atom. The zero-order valence-electron chi connectivity index (χ0n) is 15.2. The second-order valence-corrected chi connectivity index (χ2v) is 7.74. The molecule has 0 aliphatic carbocycles. The molecule has 2 aromatic heterocycles. The van der Waals surface area contributed by atoms with Gasteiger partial charge in [-0.2, -0.15) is 0 Å². The van der Waals surface area contributed by atoms with Gasteiger partial charge < -0.3 is 10.2 Å². The highest BCUT2D eigenvalue weighted by atomic mass is 16.3. The van der Waals surface area contributed by atoms with Gasteiger partial charge in [0, 0.05) is 35.3 Å². The number of carbonyl (C=O) groups excluding carboxylic acids is 1. The number of piperidine rings is 3. The fourth-order valence-electron chi connectivity index (χ4n) is 5.18. The molecule has 5 heteroatoms. The third-order valence-corrected chi connectivity index (χ3v) is 6.32. The van der Waals surface area contributed by atoms with Gasteiger partial charge in [0.05, 0.1) is 0 Å². The second kappa shape index (κ2) is 6.50. The monoisotopic (exact) mass is 361 g/mol. The van der Waals surface area contributed by atoms with Crippen LogP contribution in [0.15, 0.2) is 53.2 Å². The van der Waals surface area contributed by atoms with Crippen molar-refractivity contribution in [2.45, 2.75) is 31.2 Å². The zero-order chi connectivity index (χ0) is 18.4. The van der Waals surface area contributed by atoms with E-state index in [1.807, 2.05) is 36.7 Å². The fraction of sp³-hybridized carbons (Fsp3) is 0.364. The Balaban J connectivity index is 1.64. The maximum atomic E-state index is 12.2. The van der Waals surface area contributed by atoms with Crippen LogP contribution in [0.4, 0.5) is 0 Å². The van der Waals surface area contributed by atoms with Crippen LogP contribution >= 0.6 is 0 Å². The highest BCUT2D eigenvalue weighted by Crippen LogP contribution is 2.48. The van der Waals surface area contributed by atoms with Crippen molar-refractivity contribution in [2.75, 3.05) is 13.1 Å². The summed E-state index contributed by atoms with van der Waals surface area (Å²) in [6.07, 6.45) is 7.00. The lowest BCUT2D eigenvalue weighted by Crippen LogP contribution is -2.54. The van der Waals surface area contributed by atoms with E-state index >= 15 is 0 Å². The lowest BCUT2D eigenvalue weighted by molar-refractivity contribution is 0.0255. The van der Waals surface area contributed by atoms with Gasteiger partial charge in [-0.1, -0.05) is 24.3 Å². The van der Waals surface area contributed by atoms with Crippen molar-refractivity contribution in [3.05, 3.63) is 65.7 Å². The molecule has 1 aromatic carbocycles. The topological polar surface area (TPSA) is 72.4 Å². The van der Waals surface area contributed by atoms with E-state index in [0.29, 0.717) is 17.7 Å². The van der Waals surface area contributed by atoms with Gasteiger partial charge in [-0.15, -0.1) is 0 Å². The predicted molar refractivity (Wildman–Crippen MR) is 103 cm³/mol. The maximum Gasteiger partial charge on any atom is 0.284 e. The molecule has 2 N–H and O–H groups in total. The number of pyridine rings is 1. The molecule has 0 saturated carbocycles. The summed E-state index contributed by atoms with van der Waals surface area (Å²) >= 11 is 0. The minimum atomic E-state index is -0.474. The molecule has 3 saturated heterocycles. The van der Waals surface area contributed by atoms with E-state index in [1.165, 1.54) is 5.56 Å². The summed E-state index contributed by atoms with van der Waals surface area (Å²) in [5.41, 5.74) is 8.72. The molecule has 0 radical (unpaired) electrons. The average Bonchev–Trinajstić information content (AvgIpc) is 3.09. The van der Waals surface area contributed by atoms with E-state index in [9.17, 15) is 4.79 Å². The predicted octanol–water partition coefficient (Wildman–Crippen LogP) is 3.35. The number of nitrogens with two attached hydrogens (primary N) is 1. The third-order valence-electron chi connectivity index (χ3n) is 6.32. The van der Waals surface area contributed by atoms with Crippen molar-refractivity contribution in [1.29, 1.82) is 0 Å². The lowest BCUT2D eigenvalue weighted by Gasteiger charge is -2.51. The summed E-state index contributed by atoms with van der Waals surface area (Å²) < 4.78 is 5.91. The van der Waals surface area contributed by atoms with E-state index in [-0.39, 0.29) is 5.92 Å². The van der Waals surface area contributed by atoms with Gasteiger partial charge in [0.15, 0.2) is 5.76 Å². The number of rotatable bonds is 4. The van der Waals surface area contributed by atoms with Crippen LogP contribution in [-0.4, -0.2) is 34.9 Å². The van der Waals surface area contributed by atoms with Crippen molar-refractivity contribution in [3.63, 3.8) is 0 Å². The van der Waals surface area contributed by atoms with E-state index in [1.54, 1.807) is 0 Å². The standard InChI is InChI=1S/C22H23N3O2/c23-22(26)21-20(16-5-1-2-6-18(16)27-21)19-15-7-10-25(11-8-15)17(19)12-14-4-3-9-24-13-14/h1-6,9,13,15,17,19H,7-8,10-12H2,(H2,23,26). The Morgan fingerprint density at radius 1 is 1.19 bits per heavy atom. The molecular formula is C22H23N3O2. The fourth-order valence-corrected chi connectivity index (χ4v) is 5.18. The molecule has 5 heterocycles. The number of furan rings is 1. The number of benzene rings is 1. The molecule has 2 unspecified atom stereocenters. The van der Waals surface area contributed by atoms with Crippen LogP contribution in [0.1, 0.15) is 40.4 Å². The van der Waals surface area contributed by atoms with E-state index in [4.69, 9.17) is 10.2 Å². The van der Waals surface area contributed by atoms with Crippen LogP contribution in [0.2, 0.25) is 0 Å². The van der Waals surface area contributed by atoms with Gasteiger partial charge in [-0.3, -0.25) is 14.7 Å². The highest BCUT2D eigenvalue weighted by Gasteiger charge is 2.45. The summed E-state index contributed by atoms with van der Waals surface area (Å²) in [5, 5.41) is 1.03. The van der Waals surface area contributed by atoms with Crippen LogP contribution < -0.4 is 5.73 Å². The van der Waals surface area contributed by atoms with Crippen molar-refractivity contribution < 1.29 is 9.21 Å². The normalized spacial score (nSPS) is 27.1. The number of carbonyl (C=O) groups is 1. The van der Waals surface area contributed by atoms with E-state index < -0.39 is 5.91 Å². The van der Waals surface area contributed by atoms with Crippen LogP contribution in [-0.2, 0) is 6.42 Å². The first-order chi connectivity index (χ1) is 13.2. The Hall–Kier alpha value is -2.66. The van der Waals surface area contributed by atoms with E-state index in [0.717, 1.165) is 48.9 Å². The summed E-state index contributed by atoms with van der Waals surface area (Å²) in [5.74, 6) is 0.665. The molecule has 3 aliphatic heterocycles. The molecule has 0 spiro atoms. The third kappa shape index (κ3) is 2.73. The van der Waals surface area contributed by atoms with Crippen molar-refractivity contribution in [3.8, 4) is 0 Å². The van der Waals surface area contributed by atoms with Crippen LogP contribution in [0, 0.1) is 5.92 Å². The molecule has 3 aromatic rings. The largest absolute Gasteiger partial charge is 0.451 e. The molecule has 138 valence electrons. The van der Waals surface area contributed by atoms with Gasteiger partial charge in [0.1, 0.15) is 5.58 Å². The Bertz CT molecular complexity index is 974.